The van der Waals surface area contributed by atoms with Crippen molar-refractivity contribution in [1.82, 2.24) is 10.2 Å². The van der Waals surface area contributed by atoms with E-state index in [0.717, 1.165) is 10.4 Å². The number of nitrogens with one attached hydrogen (secondary N) is 1. The number of ketones is 1. The van der Waals surface area contributed by atoms with Crippen molar-refractivity contribution < 1.29 is 38.5 Å². The van der Waals surface area contributed by atoms with Gasteiger partial charge in [0.15, 0.2) is 0 Å². The summed E-state index contributed by atoms with van der Waals surface area (Å²) >= 11 is 1.27. The van der Waals surface area contributed by atoms with Crippen LogP contribution in [-0.4, -0.2) is 60.1 Å². The second-order valence-corrected chi connectivity index (χ2v) is 12.5. The van der Waals surface area contributed by atoms with E-state index in [0.29, 0.717) is 30.1 Å². The van der Waals surface area contributed by atoms with Gasteiger partial charge in [-0.25, -0.2) is 4.79 Å². The van der Waals surface area contributed by atoms with Gasteiger partial charge in [0.1, 0.15) is 17.1 Å². The summed E-state index contributed by atoms with van der Waals surface area (Å²) in [4.78, 5) is 54.2. The Bertz CT molecular complexity index is 1260. The van der Waals surface area contributed by atoms with E-state index in [1.807, 2.05) is 0 Å². The van der Waals surface area contributed by atoms with Crippen molar-refractivity contribution in [3.8, 4) is 11.5 Å². The number of amides is 2. The van der Waals surface area contributed by atoms with Crippen molar-refractivity contribution in [2.75, 3.05) is 20.2 Å². The summed E-state index contributed by atoms with van der Waals surface area (Å²) in [5.74, 6) is -2.60. The first-order chi connectivity index (χ1) is 18.1. The van der Waals surface area contributed by atoms with Crippen LogP contribution in [0.25, 0.3) is 0 Å². The van der Waals surface area contributed by atoms with Crippen LogP contribution in [0.3, 0.4) is 0 Å². The summed E-state index contributed by atoms with van der Waals surface area (Å²) in [6, 6.07) is 7.91. The molecule has 39 heavy (non-hydrogen) atoms. The average Bonchev–Trinajstić information content (AvgIpc) is 3.27. The third-order valence-corrected chi connectivity index (χ3v) is 7.44. The maximum Gasteiger partial charge on any atom is 0.410 e. The Labute approximate surface area is 232 Å². The second kappa shape index (κ2) is 11.3. The normalized spacial score (nSPS) is 15.0. The van der Waals surface area contributed by atoms with E-state index in [9.17, 15) is 24.3 Å². The molecule has 0 bridgehead atoms. The highest BCUT2D eigenvalue weighted by Gasteiger charge is 2.52. The van der Waals surface area contributed by atoms with Gasteiger partial charge in [-0.3, -0.25) is 9.59 Å². The number of aliphatic carboxylic acids is 1. The van der Waals surface area contributed by atoms with Gasteiger partial charge in [0.2, 0.25) is 11.4 Å². The van der Waals surface area contributed by atoms with Crippen LogP contribution in [0.15, 0.2) is 30.3 Å². The monoisotopic (exact) mass is 559 g/mol. The highest BCUT2D eigenvalue weighted by Crippen LogP contribution is 2.37. The van der Waals surface area contributed by atoms with Gasteiger partial charge in [0, 0.05) is 22.9 Å². The predicted molar refractivity (Wildman–Crippen MR) is 143 cm³/mol. The third kappa shape index (κ3) is 6.70. The quantitative estimate of drug-likeness (QED) is 0.488. The molecule has 2 heterocycles. The fourth-order valence-electron chi connectivity index (χ4n) is 4.23. The summed E-state index contributed by atoms with van der Waals surface area (Å²) in [5, 5.41) is 15.0. The summed E-state index contributed by atoms with van der Waals surface area (Å²) in [7, 11) is 1.45. The maximum atomic E-state index is 13.4. The molecule has 10 nitrogen and oxygen atoms in total. The van der Waals surface area contributed by atoms with Crippen LogP contribution in [0.1, 0.15) is 61.7 Å². The van der Waals surface area contributed by atoms with Gasteiger partial charge in [-0.15, -0.1) is 11.3 Å². The molecule has 0 fully saturated rings. The van der Waals surface area contributed by atoms with Gasteiger partial charge >= 0.3 is 6.09 Å². The molecule has 2 aromatic rings. The number of Topliss-reactive ketones (excluding diaryl/α,β-unsaturated/α-hetero) is 1. The highest BCUT2D eigenvalue weighted by molar-refractivity contribution is 7.14. The standard InChI is InChI=1S/C28H36N2O8S/c1-26(2,3)28(24(33)34,37-19-10-8-9-18(14-19)36-7)22(31)15-29-23(32)21-13-17-16-30(12-11-20(17)39-21)25(35)38-27(4,5)6/h8-10,13-14H,11-12,15-16H2,1-7H3,(H,29,32)(H,33,34)/p-1. The fraction of sp³-hybridized carbons (Fsp3) is 0.500. The molecule has 0 radical (unpaired) electrons. The molecule has 0 saturated carbocycles. The lowest BCUT2D eigenvalue weighted by atomic mass is 9.73. The molecule has 212 valence electrons. The van der Waals surface area contributed by atoms with E-state index in [-0.39, 0.29) is 5.75 Å². The fourth-order valence-corrected chi connectivity index (χ4v) is 5.31. The van der Waals surface area contributed by atoms with Gasteiger partial charge in [-0.1, -0.05) is 26.8 Å². The van der Waals surface area contributed by atoms with Crippen LogP contribution in [-0.2, 0) is 27.3 Å². The van der Waals surface area contributed by atoms with Crippen molar-refractivity contribution in [3.63, 3.8) is 0 Å². The van der Waals surface area contributed by atoms with Gasteiger partial charge in [0.05, 0.1) is 31.0 Å². The molecule has 1 aliphatic rings. The number of rotatable bonds is 8. The Kier molecular flexibility index (Phi) is 8.64. The van der Waals surface area contributed by atoms with Crippen molar-refractivity contribution in [3.05, 3.63) is 45.6 Å². The van der Waals surface area contributed by atoms with Crippen LogP contribution in [0.4, 0.5) is 4.79 Å². The number of carboxylic acids is 1. The molecule has 0 aliphatic carbocycles. The summed E-state index contributed by atoms with van der Waals surface area (Å²) < 4.78 is 16.4. The number of methoxy groups -OCH3 is 1. The van der Waals surface area contributed by atoms with Gasteiger partial charge in [-0.05, 0) is 51.0 Å². The number of carbonyl (C=O) groups excluding carboxylic acids is 4. The van der Waals surface area contributed by atoms with E-state index < -0.39 is 46.9 Å². The van der Waals surface area contributed by atoms with E-state index in [1.165, 1.54) is 30.6 Å². The van der Waals surface area contributed by atoms with Gasteiger partial charge < -0.3 is 34.3 Å². The smallest absolute Gasteiger partial charge is 0.410 e. The van der Waals surface area contributed by atoms with Gasteiger partial charge in [0.25, 0.3) is 5.91 Å². The Hall–Kier alpha value is -3.60. The van der Waals surface area contributed by atoms with E-state index in [1.54, 1.807) is 64.6 Å². The SMILES string of the molecule is COc1cccc(OC(C(=O)[O-])(C(=O)CNC(=O)c2cc3c(s2)CCN(C(=O)OC(C)(C)C)C3)C(C)(C)C)c1. The van der Waals surface area contributed by atoms with Crippen LogP contribution in [0.5, 0.6) is 11.5 Å². The molecule has 1 atom stereocenters. The van der Waals surface area contributed by atoms with Crippen LogP contribution >= 0.6 is 11.3 Å². The molecule has 1 aromatic carbocycles. The largest absolute Gasteiger partial charge is 0.545 e. The molecule has 0 saturated heterocycles. The van der Waals surface area contributed by atoms with Crippen LogP contribution < -0.4 is 19.9 Å². The number of hydrogen-bond donors (Lipinski definition) is 1. The second-order valence-electron chi connectivity index (χ2n) is 11.3. The minimum Gasteiger partial charge on any atom is -0.545 e. The minimum atomic E-state index is -2.39. The molecule has 1 aliphatic heterocycles. The topological polar surface area (TPSA) is 134 Å². The number of thiophene rings is 1. The first-order valence-electron chi connectivity index (χ1n) is 12.5. The van der Waals surface area contributed by atoms with E-state index in [2.05, 4.69) is 5.32 Å². The molecule has 11 heteroatoms. The average molecular weight is 560 g/mol. The first kappa shape index (κ1) is 29.9. The zero-order valence-corrected chi connectivity index (χ0v) is 24.2. The number of carbonyl (C=O) groups is 4. The number of ether oxygens (including phenoxy) is 3. The number of carboxylic acid groups (broad SMARTS) is 1. The third-order valence-electron chi connectivity index (χ3n) is 6.20. The number of nitrogens with zero attached hydrogens (tertiary/aromatic N) is 1. The number of fused-ring (bicyclic) bond motifs is 1. The summed E-state index contributed by atoms with van der Waals surface area (Å²) in [6.07, 6.45) is 0.144. The molecular formula is C28H35N2O8S-. The Morgan fingerprint density at radius 1 is 1.05 bits per heavy atom. The van der Waals surface area contributed by atoms with Gasteiger partial charge in [-0.2, -0.15) is 0 Å². The zero-order chi connectivity index (χ0) is 29.2. The number of hydrogen-bond acceptors (Lipinski definition) is 9. The summed E-state index contributed by atoms with van der Waals surface area (Å²) in [6.45, 7) is 10.2. The molecule has 3 rings (SSSR count). The lowest BCUT2D eigenvalue weighted by Gasteiger charge is -2.43. The maximum absolute atomic E-state index is 13.4. The van der Waals surface area contributed by atoms with Crippen molar-refractivity contribution >= 4 is 35.1 Å². The Balaban J connectivity index is 1.75. The Morgan fingerprint density at radius 3 is 2.31 bits per heavy atom. The first-order valence-corrected chi connectivity index (χ1v) is 13.3. The molecule has 1 unspecified atom stereocenters. The minimum absolute atomic E-state index is 0.105. The lowest BCUT2D eigenvalue weighted by molar-refractivity contribution is -0.325. The molecule has 0 spiro atoms. The molecular weight excluding hydrogens is 524 g/mol. The molecule has 1 aromatic heterocycles. The molecule has 2 amide bonds. The molecule has 1 N–H and O–H groups in total. The van der Waals surface area contributed by atoms with Crippen molar-refractivity contribution in [1.29, 1.82) is 0 Å². The predicted octanol–water partition coefficient (Wildman–Crippen LogP) is 2.96. The van der Waals surface area contributed by atoms with Crippen LogP contribution in [0.2, 0.25) is 0 Å². The number of benzene rings is 1. The van der Waals surface area contributed by atoms with E-state index in [4.69, 9.17) is 14.2 Å². The Morgan fingerprint density at radius 2 is 1.72 bits per heavy atom. The van der Waals surface area contributed by atoms with Crippen molar-refractivity contribution in [2.45, 2.75) is 65.7 Å². The highest BCUT2D eigenvalue weighted by atomic mass is 32.1. The van der Waals surface area contributed by atoms with Crippen molar-refractivity contribution in [2.24, 2.45) is 5.41 Å². The zero-order valence-electron chi connectivity index (χ0n) is 23.3. The summed E-state index contributed by atoms with van der Waals surface area (Å²) in [5.41, 5.74) is -3.42. The lowest BCUT2D eigenvalue weighted by Crippen LogP contribution is -2.67. The van der Waals surface area contributed by atoms with Crippen LogP contribution in [0, 0.1) is 5.41 Å². The van der Waals surface area contributed by atoms with E-state index >= 15 is 0 Å².